The minimum atomic E-state index is -0.548. The number of nitrogens with one attached hydrogen (secondary N) is 1. The summed E-state index contributed by atoms with van der Waals surface area (Å²) in [5, 5.41) is 12.9. The standard InChI is InChI=1S/C22H16Cl2N2O3/c1-2-28-17-5-3-4-16(12-17)26-22(27)15(13-25)10-18-7-9-21(29-18)14-6-8-19(23)20(24)11-14/h3-12H,2H2,1H3,(H,26,27)/b15-10-. The Hall–Kier alpha value is -3.20. The Bertz CT molecular complexity index is 1110. The number of ether oxygens (including phenoxy) is 1. The first-order valence-electron chi connectivity index (χ1n) is 8.71. The molecule has 3 aromatic rings. The molecule has 0 radical (unpaired) electrons. The number of hydrogen-bond acceptors (Lipinski definition) is 4. The molecule has 0 aliphatic heterocycles. The molecule has 0 atom stereocenters. The van der Waals surface area contributed by atoms with Crippen LogP contribution in [0.4, 0.5) is 5.69 Å². The molecule has 1 heterocycles. The van der Waals surface area contributed by atoms with Gasteiger partial charge in [0.2, 0.25) is 0 Å². The summed E-state index contributed by atoms with van der Waals surface area (Å²) in [5.74, 6) is 0.983. The summed E-state index contributed by atoms with van der Waals surface area (Å²) in [7, 11) is 0. The third-order valence-corrected chi connectivity index (χ3v) is 4.62. The van der Waals surface area contributed by atoms with E-state index in [0.717, 1.165) is 5.56 Å². The third kappa shape index (κ3) is 5.20. The summed E-state index contributed by atoms with van der Waals surface area (Å²) < 4.78 is 11.1. The van der Waals surface area contributed by atoms with Gasteiger partial charge < -0.3 is 14.5 Å². The zero-order valence-electron chi connectivity index (χ0n) is 15.4. The fourth-order valence-corrected chi connectivity index (χ4v) is 2.85. The first kappa shape index (κ1) is 20.5. The Balaban J connectivity index is 1.78. The number of anilines is 1. The van der Waals surface area contributed by atoms with Crippen molar-refractivity contribution >= 4 is 40.9 Å². The van der Waals surface area contributed by atoms with Crippen LogP contribution in [0.3, 0.4) is 0 Å². The monoisotopic (exact) mass is 426 g/mol. The van der Waals surface area contributed by atoms with Crippen LogP contribution in [-0.2, 0) is 4.79 Å². The van der Waals surface area contributed by atoms with E-state index in [4.69, 9.17) is 32.4 Å². The minimum absolute atomic E-state index is 0.0955. The quantitative estimate of drug-likeness (QED) is 0.376. The molecular formula is C22H16Cl2N2O3. The maximum Gasteiger partial charge on any atom is 0.266 e. The Labute approximate surface area is 178 Å². The van der Waals surface area contributed by atoms with E-state index in [9.17, 15) is 10.1 Å². The Morgan fingerprint density at radius 1 is 1.17 bits per heavy atom. The van der Waals surface area contributed by atoms with E-state index in [0.29, 0.717) is 39.6 Å². The van der Waals surface area contributed by atoms with E-state index in [2.05, 4.69) is 5.32 Å². The van der Waals surface area contributed by atoms with Gasteiger partial charge in [-0.2, -0.15) is 5.26 Å². The molecule has 1 amide bonds. The van der Waals surface area contributed by atoms with Gasteiger partial charge in [0.1, 0.15) is 28.9 Å². The first-order valence-corrected chi connectivity index (χ1v) is 9.47. The van der Waals surface area contributed by atoms with Gasteiger partial charge in [0.25, 0.3) is 5.91 Å². The van der Waals surface area contributed by atoms with Crippen LogP contribution >= 0.6 is 23.2 Å². The van der Waals surface area contributed by atoms with Crippen LogP contribution < -0.4 is 10.1 Å². The lowest BCUT2D eigenvalue weighted by Gasteiger charge is -2.07. The lowest BCUT2D eigenvalue weighted by molar-refractivity contribution is -0.112. The summed E-state index contributed by atoms with van der Waals surface area (Å²) in [4.78, 5) is 12.5. The average molecular weight is 427 g/mol. The number of carbonyl (C=O) groups excluding carboxylic acids is 1. The van der Waals surface area contributed by atoms with Crippen molar-refractivity contribution in [3.63, 3.8) is 0 Å². The molecule has 0 aliphatic rings. The summed E-state index contributed by atoms with van der Waals surface area (Å²) >= 11 is 12.0. The van der Waals surface area contributed by atoms with Crippen LogP contribution in [0.15, 0.2) is 64.6 Å². The van der Waals surface area contributed by atoms with Crippen molar-refractivity contribution < 1.29 is 13.9 Å². The van der Waals surface area contributed by atoms with Crippen molar-refractivity contribution in [2.45, 2.75) is 6.92 Å². The number of amides is 1. The van der Waals surface area contributed by atoms with Crippen molar-refractivity contribution in [1.82, 2.24) is 0 Å². The molecule has 0 aliphatic carbocycles. The average Bonchev–Trinajstić information content (AvgIpc) is 3.17. The van der Waals surface area contributed by atoms with Crippen molar-refractivity contribution in [2.24, 2.45) is 0 Å². The van der Waals surface area contributed by atoms with Crippen LogP contribution in [0.2, 0.25) is 10.0 Å². The number of nitrogens with zero attached hydrogens (tertiary/aromatic N) is 1. The highest BCUT2D eigenvalue weighted by Gasteiger charge is 2.12. The maximum absolute atomic E-state index is 12.5. The van der Waals surface area contributed by atoms with Crippen LogP contribution in [0.5, 0.6) is 5.75 Å². The zero-order chi connectivity index (χ0) is 20.8. The predicted molar refractivity (Wildman–Crippen MR) is 114 cm³/mol. The topological polar surface area (TPSA) is 75.3 Å². The molecular weight excluding hydrogens is 411 g/mol. The van der Waals surface area contributed by atoms with Crippen LogP contribution in [0, 0.1) is 11.3 Å². The van der Waals surface area contributed by atoms with E-state index in [-0.39, 0.29) is 5.57 Å². The van der Waals surface area contributed by atoms with Crippen molar-refractivity contribution in [2.75, 3.05) is 11.9 Å². The molecule has 2 aromatic carbocycles. The highest BCUT2D eigenvalue weighted by atomic mass is 35.5. The Morgan fingerprint density at radius 2 is 2.00 bits per heavy atom. The second kappa shape index (κ2) is 9.33. The van der Waals surface area contributed by atoms with Crippen LogP contribution in [0.25, 0.3) is 17.4 Å². The van der Waals surface area contributed by atoms with E-state index < -0.39 is 5.91 Å². The van der Waals surface area contributed by atoms with Gasteiger partial charge in [-0.15, -0.1) is 0 Å². The lowest BCUT2D eigenvalue weighted by atomic mass is 10.2. The Kier molecular flexibility index (Phi) is 6.61. The largest absolute Gasteiger partial charge is 0.494 e. The van der Waals surface area contributed by atoms with Gasteiger partial charge in [-0.25, -0.2) is 0 Å². The minimum Gasteiger partial charge on any atom is -0.494 e. The third-order valence-electron chi connectivity index (χ3n) is 3.89. The van der Waals surface area contributed by atoms with Crippen LogP contribution in [0.1, 0.15) is 12.7 Å². The molecule has 5 nitrogen and oxygen atoms in total. The molecule has 1 N–H and O–H groups in total. The number of nitriles is 1. The normalized spacial score (nSPS) is 11.0. The molecule has 0 saturated heterocycles. The summed E-state index contributed by atoms with van der Waals surface area (Å²) in [6.45, 7) is 2.39. The number of benzene rings is 2. The molecule has 146 valence electrons. The maximum atomic E-state index is 12.5. The lowest BCUT2D eigenvalue weighted by Crippen LogP contribution is -2.13. The van der Waals surface area contributed by atoms with E-state index in [1.165, 1.54) is 6.08 Å². The Morgan fingerprint density at radius 3 is 2.72 bits per heavy atom. The number of carbonyl (C=O) groups is 1. The highest BCUT2D eigenvalue weighted by Crippen LogP contribution is 2.30. The van der Waals surface area contributed by atoms with Crippen LogP contribution in [-0.4, -0.2) is 12.5 Å². The van der Waals surface area contributed by atoms with Crippen molar-refractivity contribution in [1.29, 1.82) is 5.26 Å². The zero-order valence-corrected chi connectivity index (χ0v) is 16.9. The molecule has 7 heteroatoms. The van der Waals surface area contributed by atoms with Crippen molar-refractivity contribution in [3.8, 4) is 23.1 Å². The molecule has 0 unspecified atom stereocenters. The summed E-state index contributed by atoms with van der Waals surface area (Å²) in [5.41, 5.74) is 1.16. The van der Waals surface area contributed by atoms with Gasteiger partial charge in [0, 0.05) is 23.4 Å². The van der Waals surface area contributed by atoms with Gasteiger partial charge in [0.15, 0.2) is 0 Å². The number of hydrogen-bond donors (Lipinski definition) is 1. The van der Waals surface area contributed by atoms with E-state index in [1.807, 2.05) is 13.0 Å². The molecule has 1 aromatic heterocycles. The van der Waals surface area contributed by atoms with Gasteiger partial charge >= 0.3 is 0 Å². The molecule has 0 fully saturated rings. The number of halogens is 2. The second-order valence-corrected chi connectivity index (χ2v) is 6.73. The molecule has 3 rings (SSSR count). The molecule has 29 heavy (non-hydrogen) atoms. The number of rotatable bonds is 6. The van der Waals surface area contributed by atoms with Gasteiger partial charge in [0.05, 0.1) is 16.7 Å². The fraction of sp³-hybridized carbons (Fsp3) is 0.0909. The molecule has 0 saturated carbocycles. The highest BCUT2D eigenvalue weighted by molar-refractivity contribution is 6.42. The van der Waals surface area contributed by atoms with Gasteiger partial charge in [-0.3, -0.25) is 4.79 Å². The first-order chi connectivity index (χ1) is 14.0. The summed E-state index contributed by atoms with van der Waals surface area (Å²) in [6, 6.07) is 17.3. The second-order valence-electron chi connectivity index (χ2n) is 5.92. The predicted octanol–water partition coefficient (Wildman–Crippen LogP) is 6.20. The SMILES string of the molecule is CCOc1cccc(NC(=O)/C(C#N)=C\c2ccc(-c3ccc(Cl)c(Cl)c3)o2)c1. The molecule has 0 bridgehead atoms. The smallest absolute Gasteiger partial charge is 0.266 e. The number of furan rings is 1. The van der Waals surface area contributed by atoms with Gasteiger partial charge in [-0.1, -0.05) is 29.3 Å². The molecule has 0 spiro atoms. The fourth-order valence-electron chi connectivity index (χ4n) is 2.55. The van der Waals surface area contributed by atoms with Gasteiger partial charge in [-0.05, 0) is 49.4 Å². The van der Waals surface area contributed by atoms with Crippen molar-refractivity contribution in [3.05, 3.63) is 76.0 Å². The van der Waals surface area contributed by atoms with E-state index in [1.54, 1.807) is 54.6 Å². The van der Waals surface area contributed by atoms with E-state index >= 15 is 0 Å². The summed E-state index contributed by atoms with van der Waals surface area (Å²) in [6.07, 6.45) is 1.38.